The molecule has 1 fully saturated rings. The van der Waals surface area contributed by atoms with Crippen LogP contribution in [0, 0.1) is 5.92 Å². The van der Waals surface area contributed by atoms with Gasteiger partial charge in [-0.3, -0.25) is 4.99 Å². The number of methoxy groups -OCH3 is 1. The van der Waals surface area contributed by atoms with Gasteiger partial charge in [0.15, 0.2) is 0 Å². The molecule has 6 nitrogen and oxygen atoms in total. The summed E-state index contributed by atoms with van der Waals surface area (Å²) in [6, 6.07) is 0. The van der Waals surface area contributed by atoms with Crippen molar-refractivity contribution < 1.29 is 19.0 Å². The van der Waals surface area contributed by atoms with Gasteiger partial charge in [-0.05, 0) is 46.1 Å². The Labute approximate surface area is 152 Å². The maximum Gasteiger partial charge on any atom is 0.410 e. The summed E-state index contributed by atoms with van der Waals surface area (Å²) in [5.41, 5.74) is -0.462. The molecule has 0 spiro atoms. The van der Waals surface area contributed by atoms with Gasteiger partial charge < -0.3 is 19.1 Å². The van der Waals surface area contributed by atoms with Crippen LogP contribution in [0.5, 0.6) is 0 Å². The number of allylic oxidation sites excluding steroid dienone is 2. The van der Waals surface area contributed by atoms with Crippen molar-refractivity contribution in [2.75, 3.05) is 33.9 Å². The number of amides is 1. The van der Waals surface area contributed by atoms with Crippen molar-refractivity contribution in [3.8, 4) is 0 Å². The van der Waals surface area contributed by atoms with Crippen LogP contribution in [0.15, 0.2) is 16.8 Å². The van der Waals surface area contributed by atoms with Crippen molar-refractivity contribution in [2.24, 2.45) is 10.9 Å². The lowest BCUT2D eigenvalue weighted by atomic mass is 9.94. The van der Waals surface area contributed by atoms with E-state index in [9.17, 15) is 4.79 Å². The Morgan fingerprint density at radius 3 is 2.40 bits per heavy atom. The number of ether oxygens (including phenoxy) is 3. The fraction of sp³-hybridized carbons (Fsp3) is 0.789. The molecule has 0 bridgehead atoms. The number of rotatable bonds is 6. The van der Waals surface area contributed by atoms with E-state index in [-0.39, 0.29) is 6.09 Å². The Balaban J connectivity index is 2.67. The van der Waals surface area contributed by atoms with Crippen LogP contribution in [0.4, 0.5) is 4.79 Å². The van der Waals surface area contributed by atoms with Gasteiger partial charge in [-0.25, -0.2) is 4.79 Å². The molecule has 1 aliphatic heterocycles. The molecular formula is C19H34N2O4. The zero-order valence-corrected chi connectivity index (χ0v) is 16.6. The van der Waals surface area contributed by atoms with Crippen LogP contribution in [0.3, 0.4) is 0 Å². The van der Waals surface area contributed by atoms with E-state index in [0.29, 0.717) is 31.5 Å². The van der Waals surface area contributed by atoms with Crippen molar-refractivity contribution in [1.29, 1.82) is 0 Å². The smallest absolute Gasteiger partial charge is 0.410 e. The SMILES string of the molecule is CCC/C=C(/OC(COC)=NC)C1CCN(C(=O)OC(C)(C)C)CC1. The molecule has 0 unspecified atom stereocenters. The summed E-state index contributed by atoms with van der Waals surface area (Å²) in [5, 5.41) is 0. The third-order valence-electron chi connectivity index (χ3n) is 3.94. The Hall–Kier alpha value is -1.56. The van der Waals surface area contributed by atoms with E-state index in [2.05, 4.69) is 18.0 Å². The summed E-state index contributed by atoms with van der Waals surface area (Å²) in [6.45, 7) is 9.51. The Morgan fingerprint density at radius 2 is 1.92 bits per heavy atom. The van der Waals surface area contributed by atoms with Gasteiger partial charge in [0.2, 0.25) is 5.90 Å². The Kier molecular flexibility index (Phi) is 8.97. The summed E-state index contributed by atoms with van der Waals surface area (Å²) < 4.78 is 16.6. The third kappa shape index (κ3) is 7.90. The first-order chi connectivity index (χ1) is 11.8. The van der Waals surface area contributed by atoms with Gasteiger partial charge in [-0.2, -0.15) is 0 Å². The van der Waals surface area contributed by atoms with Crippen molar-refractivity contribution in [3.05, 3.63) is 11.8 Å². The number of carbonyl (C=O) groups is 1. The maximum absolute atomic E-state index is 12.2. The van der Waals surface area contributed by atoms with Crippen molar-refractivity contribution in [1.82, 2.24) is 4.90 Å². The molecule has 1 aliphatic rings. The highest BCUT2D eigenvalue weighted by molar-refractivity contribution is 5.78. The molecule has 0 aliphatic carbocycles. The second kappa shape index (κ2) is 10.4. The van der Waals surface area contributed by atoms with E-state index in [0.717, 1.165) is 31.4 Å². The lowest BCUT2D eigenvalue weighted by Crippen LogP contribution is -2.42. The van der Waals surface area contributed by atoms with Gasteiger partial charge in [-0.1, -0.05) is 13.3 Å². The Bertz CT molecular complexity index is 472. The van der Waals surface area contributed by atoms with Crippen molar-refractivity contribution >= 4 is 12.0 Å². The third-order valence-corrected chi connectivity index (χ3v) is 3.94. The largest absolute Gasteiger partial charge is 0.445 e. The van der Waals surface area contributed by atoms with Crippen LogP contribution < -0.4 is 0 Å². The minimum absolute atomic E-state index is 0.235. The molecule has 0 aromatic rings. The molecule has 1 amide bonds. The number of carbonyl (C=O) groups excluding carboxylic acids is 1. The molecule has 0 aromatic heterocycles. The molecule has 1 heterocycles. The van der Waals surface area contributed by atoms with Gasteiger partial charge in [0.25, 0.3) is 0 Å². The quantitative estimate of drug-likeness (QED) is 0.411. The summed E-state index contributed by atoms with van der Waals surface area (Å²) in [4.78, 5) is 18.1. The number of aliphatic imine (C=N–C) groups is 1. The molecule has 0 atom stereocenters. The predicted molar refractivity (Wildman–Crippen MR) is 99.8 cm³/mol. The summed E-state index contributed by atoms with van der Waals surface area (Å²) >= 11 is 0. The van der Waals surface area contributed by atoms with Crippen LogP contribution in [-0.2, 0) is 14.2 Å². The van der Waals surface area contributed by atoms with Gasteiger partial charge in [0, 0.05) is 33.2 Å². The lowest BCUT2D eigenvalue weighted by Gasteiger charge is -2.34. The summed E-state index contributed by atoms with van der Waals surface area (Å²) in [7, 11) is 3.33. The van der Waals surface area contributed by atoms with E-state index in [1.54, 1.807) is 19.1 Å². The molecule has 144 valence electrons. The summed E-state index contributed by atoms with van der Waals surface area (Å²) in [5.74, 6) is 1.82. The summed E-state index contributed by atoms with van der Waals surface area (Å²) in [6.07, 6.45) is 5.66. The topological polar surface area (TPSA) is 60.4 Å². The van der Waals surface area contributed by atoms with E-state index in [1.165, 1.54) is 0 Å². The molecule has 1 rings (SSSR count). The van der Waals surface area contributed by atoms with Crippen LogP contribution >= 0.6 is 0 Å². The highest BCUT2D eigenvalue weighted by atomic mass is 16.6. The normalized spacial score (nSPS) is 17.6. The predicted octanol–water partition coefficient (Wildman–Crippen LogP) is 4.01. The molecule has 0 saturated carbocycles. The number of unbranched alkanes of at least 4 members (excludes halogenated alkanes) is 1. The lowest BCUT2D eigenvalue weighted by molar-refractivity contribution is 0.0182. The van der Waals surface area contributed by atoms with Crippen LogP contribution in [0.25, 0.3) is 0 Å². The fourth-order valence-corrected chi connectivity index (χ4v) is 2.65. The standard InChI is InChI=1S/C19H34N2O4/c1-7-8-9-16(24-17(20-5)14-23-6)15-10-12-21(13-11-15)18(22)25-19(2,3)4/h9,15H,7-8,10-14H2,1-6H3/b16-9+,20-17?. The average Bonchev–Trinajstić information content (AvgIpc) is 2.56. The maximum atomic E-state index is 12.2. The van der Waals surface area contributed by atoms with Gasteiger partial charge >= 0.3 is 6.09 Å². The number of piperidine rings is 1. The van der Waals surface area contributed by atoms with Gasteiger partial charge in [0.05, 0.1) is 0 Å². The second-order valence-corrected chi connectivity index (χ2v) is 7.29. The molecule has 0 N–H and O–H groups in total. The van der Waals surface area contributed by atoms with Crippen LogP contribution in [0.1, 0.15) is 53.4 Å². The van der Waals surface area contributed by atoms with E-state index in [4.69, 9.17) is 14.2 Å². The molecule has 1 saturated heterocycles. The Morgan fingerprint density at radius 1 is 1.28 bits per heavy atom. The van der Waals surface area contributed by atoms with Crippen LogP contribution in [-0.4, -0.2) is 56.3 Å². The highest BCUT2D eigenvalue weighted by Gasteiger charge is 2.29. The number of nitrogens with zero attached hydrogens (tertiary/aromatic N) is 2. The van der Waals surface area contributed by atoms with E-state index < -0.39 is 5.60 Å². The van der Waals surface area contributed by atoms with Crippen LogP contribution in [0.2, 0.25) is 0 Å². The minimum atomic E-state index is -0.462. The molecule has 0 aromatic carbocycles. The zero-order chi connectivity index (χ0) is 18.9. The first-order valence-corrected chi connectivity index (χ1v) is 9.11. The molecule has 0 radical (unpaired) electrons. The monoisotopic (exact) mass is 354 g/mol. The van der Waals surface area contributed by atoms with E-state index >= 15 is 0 Å². The number of hydrogen-bond acceptors (Lipinski definition) is 5. The number of likely N-dealkylation sites (tertiary alicyclic amines) is 1. The van der Waals surface area contributed by atoms with Crippen molar-refractivity contribution in [2.45, 2.75) is 59.0 Å². The van der Waals surface area contributed by atoms with Crippen molar-refractivity contribution in [3.63, 3.8) is 0 Å². The first-order valence-electron chi connectivity index (χ1n) is 9.11. The number of hydrogen-bond donors (Lipinski definition) is 0. The van der Waals surface area contributed by atoms with Gasteiger partial charge in [0.1, 0.15) is 18.0 Å². The zero-order valence-electron chi connectivity index (χ0n) is 16.6. The average molecular weight is 354 g/mol. The van der Waals surface area contributed by atoms with E-state index in [1.807, 2.05) is 20.8 Å². The highest BCUT2D eigenvalue weighted by Crippen LogP contribution is 2.27. The van der Waals surface area contributed by atoms with Gasteiger partial charge in [-0.15, -0.1) is 0 Å². The molecule has 6 heteroatoms. The fourth-order valence-electron chi connectivity index (χ4n) is 2.65. The molecule has 25 heavy (non-hydrogen) atoms. The second-order valence-electron chi connectivity index (χ2n) is 7.29. The minimum Gasteiger partial charge on any atom is -0.445 e. The molecular weight excluding hydrogens is 320 g/mol. The first kappa shape index (κ1) is 21.5.